The second kappa shape index (κ2) is 15.1. The third-order valence-corrected chi connectivity index (χ3v) is 13.9. The summed E-state index contributed by atoms with van der Waals surface area (Å²) in [6.07, 6.45) is 0.00651. The van der Waals surface area contributed by atoms with Crippen LogP contribution in [0.1, 0.15) is 91.6 Å². The molecule has 2 aromatic heterocycles. The van der Waals surface area contributed by atoms with Crippen molar-refractivity contribution in [1.29, 1.82) is 0 Å². The standard InChI is InChI=1S/C40H51ClF2N4O3Si/c1-13-44-37-34-32(41)17-16-31(36(34)47(10)46-37)30-15-14-29(18-19-40(8,9)50-51(11,12)39(5,6)7)45-35(30)26(23-33(48)49-38(2,3)4)20-25-21-27(42)24-28(43)22-25/h14-17,21-22,24,26H,13,20,23H2,1-12H3,(H,44,46)/t26-/m1/s1. The van der Waals surface area contributed by atoms with E-state index >= 15 is 0 Å². The average molecular weight is 737 g/mol. The third kappa shape index (κ3) is 9.97. The Morgan fingerprint density at radius 3 is 2.22 bits per heavy atom. The molecule has 0 spiro atoms. The molecule has 51 heavy (non-hydrogen) atoms. The molecule has 1 atom stereocenters. The molecular weight excluding hydrogens is 686 g/mol. The van der Waals surface area contributed by atoms with Crippen molar-refractivity contribution in [3.05, 3.63) is 76.1 Å². The highest BCUT2D eigenvalue weighted by Gasteiger charge is 2.41. The van der Waals surface area contributed by atoms with Gasteiger partial charge in [-0.3, -0.25) is 9.48 Å². The lowest BCUT2D eigenvalue weighted by atomic mass is 9.87. The van der Waals surface area contributed by atoms with E-state index in [2.05, 4.69) is 51.0 Å². The Hall–Kier alpha value is -3.78. The van der Waals surface area contributed by atoms with Crippen LogP contribution in [0.25, 0.3) is 22.0 Å². The van der Waals surface area contributed by atoms with E-state index in [9.17, 15) is 13.6 Å². The van der Waals surface area contributed by atoms with Gasteiger partial charge in [0.15, 0.2) is 14.1 Å². The fourth-order valence-corrected chi connectivity index (χ4v) is 7.74. The van der Waals surface area contributed by atoms with Gasteiger partial charge < -0.3 is 14.5 Å². The lowest BCUT2D eigenvalue weighted by Crippen LogP contribution is -2.47. The highest BCUT2D eigenvalue weighted by molar-refractivity contribution is 6.74. The number of nitrogens with one attached hydrogen (secondary N) is 1. The van der Waals surface area contributed by atoms with Crippen LogP contribution in [0, 0.1) is 23.5 Å². The van der Waals surface area contributed by atoms with Crippen molar-refractivity contribution in [1.82, 2.24) is 14.8 Å². The number of halogens is 3. The monoisotopic (exact) mass is 736 g/mol. The zero-order chi connectivity index (χ0) is 38.1. The maximum Gasteiger partial charge on any atom is 0.306 e. The van der Waals surface area contributed by atoms with Crippen molar-refractivity contribution < 1.29 is 22.7 Å². The minimum Gasteiger partial charge on any atom is -0.460 e. The Morgan fingerprint density at radius 2 is 1.63 bits per heavy atom. The quantitative estimate of drug-likeness (QED) is 0.0992. The van der Waals surface area contributed by atoms with Gasteiger partial charge in [0.1, 0.15) is 28.5 Å². The maximum atomic E-state index is 14.5. The van der Waals surface area contributed by atoms with Crippen LogP contribution in [0.5, 0.6) is 0 Å². The molecule has 0 radical (unpaired) electrons. The molecule has 1 N–H and O–H groups in total. The Labute approximate surface area is 307 Å². The highest BCUT2D eigenvalue weighted by atomic mass is 35.5. The lowest BCUT2D eigenvalue weighted by Gasteiger charge is -2.40. The number of esters is 1. The minimum atomic E-state index is -2.15. The predicted molar refractivity (Wildman–Crippen MR) is 206 cm³/mol. The molecule has 274 valence electrons. The Bertz CT molecular complexity index is 1960. The Kier molecular flexibility index (Phi) is 11.8. The number of carbonyl (C=O) groups excluding carboxylic acids is 1. The van der Waals surface area contributed by atoms with Crippen LogP contribution in [0.2, 0.25) is 23.2 Å². The topological polar surface area (TPSA) is 78.3 Å². The molecule has 4 aromatic rings. The van der Waals surface area contributed by atoms with Gasteiger partial charge in [-0.05, 0) is 108 Å². The van der Waals surface area contributed by atoms with Crippen LogP contribution in [0.4, 0.5) is 14.6 Å². The molecule has 2 aromatic carbocycles. The summed E-state index contributed by atoms with van der Waals surface area (Å²) < 4.78 is 43.2. The van der Waals surface area contributed by atoms with Crippen molar-refractivity contribution >= 4 is 42.6 Å². The van der Waals surface area contributed by atoms with Gasteiger partial charge >= 0.3 is 5.97 Å². The Balaban J connectivity index is 1.97. The van der Waals surface area contributed by atoms with E-state index in [4.69, 9.17) is 30.8 Å². The van der Waals surface area contributed by atoms with Crippen LogP contribution in [-0.2, 0) is 27.4 Å². The SMILES string of the molecule is CCNc1nn(C)c2c(-c3ccc(C#CC(C)(C)O[Si](C)(C)C(C)(C)C)nc3[C@@H](CC(=O)OC(C)(C)C)Cc3cc(F)cc(F)c3)ccc(Cl)c12. The molecule has 0 fully saturated rings. The number of carbonyl (C=O) groups is 1. The molecule has 0 saturated carbocycles. The molecule has 0 aliphatic rings. The molecule has 0 saturated heterocycles. The summed E-state index contributed by atoms with van der Waals surface area (Å²) >= 11 is 6.75. The smallest absolute Gasteiger partial charge is 0.306 e. The zero-order valence-electron chi connectivity index (χ0n) is 31.9. The first kappa shape index (κ1) is 40.0. The molecule has 0 aliphatic heterocycles. The van der Waals surface area contributed by atoms with E-state index in [0.717, 1.165) is 22.5 Å². The molecule has 7 nitrogen and oxygen atoms in total. The van der Waals surface area contributed by atoms with E-state index in [-0.39, 0.29) is 17.9 Å². The van der Waals surface area contributed by atoms with Gasteiger partial charge in [0, 0.05) is 36.7 Å². The van der Waals surface area contributed by atoms with Gasteiger partial charge in [-0.25, -0.2) is 13.8 Å². The van der Waals surface area contributed by atoms with Gasteiger partial charge in [0.2, 0.25) is 0 Å². The zero-order valence-corrected chi connectivity index (χ0v) is 33.7. The number of ether oxygens (including phenoxy) is 1. The first-order valence-electron chi connectivity index (χ1n) is 17.3. The first-order chi connectivity index (χ1) is 23.5. The molecular formula is C40H51ClF2N4O3Si. The van der Waals surface area contributed by atoms with Gasteiger partial charge in [-0.15, -0.1) is 0 Å². The molecule has 0 unspecified atom stereocenters. The fourth-order valence-electron chi connectivity index (χ4n) is 5.86. The molecule has 2 heterocycles. The first-order valence-corrected chi connectivity index (χ1v) is 20.6. The third-order valence-electron chi connectivity index (χ3n) is 8.93. The normalized spacial score (nSPS) is 13.2. The van der Waals surface area contributed by atoms with Gasteiger partial charge in [0.05, 0.1) is 28.0 Å². The summed E-state index contributed by atoms with van der Waals surface area (Å²) in [4.78, 5) is 18.6. The van der Waals surface area contributed by atoms with Crippen molar-refractivity contribution in [3.8, 4) is 23.0 Å². The van der Waals surface area contributed by atoms with E-state index in [1.54, 1.807) is 25.5 Å². The number of aromatic nitrogens is 3. The van der Waals surface area contributed by atoms with Crippen LogP contribution in [0.3, 0.4) is 0 Å². The largest absolute Gasteiger partial charge is 0.460 e. The fraction of sp³-hybridized carbons (Fsp3) is 0.475. The molecule has 11 heteroatoms. The Morgan fingerprint density at radius 1 is 1.00 bits per heavy atom. The van der Waals surface area contributed by atoms with Gasteiger partial charge in [-0.1, -0.05) is 44.4 Å². The van der Waals surface area contributed by atoms with Gasteiger partial charge in [-0.2, -0.15) is 5.10 Å². The summed E-state index contributed by atoms with van der Waals surface area (Å²) in [6.45, 7) is 22.8. The second-order valence-electron chi connectivity index (χ2n) is 16.0. The summed E-state index contributed by atoms with van der Waals surface area (Å²) in [5.74, 6) is 4.65. The van der Waals surface area contributed by atoms with E-state index in [1.807, 2.05) is 52.1 Å². The minimum absolute atomic E-state index is 0.00742. The van der Waals surface area contributed by atoms with Crippen LogP contribution in [0.15, 0.2) is 42.5 Å². The second-order valence-corrected chi connectivity index (χ2v) is 21.2. The summed E-state index contributed by atoms with van der Waals surface area (Å²) in [7, 11) is -0.310. The molecule has 0 aliphatic carbocycles. The number of hydrogen-bond acceptors (Lipinski definition) is 6. The van der Waals surface area contributed by atoms with Crippen molar-refractivity contribution in [3.63, 3.8) is 0 Å². The van der Waals surface area contributed by atoms with Crippen molar-refractivity contribution in [2.24, 2.45) is 7.05 Å². The average Bonchev–Trinajstić information content (AvgIpc) is 3.30. The van der Waals surface area contributed by atoms with Crippen LogP contribution < -0.4 is 5.32 Å². The maximum absolute atomic E-state index is 14.5. The predicted octanol–water partition coefficient (Wildman–Crippen LogP) is 10.2. The summed E-state index contributed by atoms with van der Waals surface area (Å²) in [5.41, 5.74) is 2.10. The molecule has 4 rings (SSSR count). The summed E-state index contributed by atoms with van der Waals surface area (Å²) in [6, 6.07) is 10.8. The number of benzene rings is 2. The molecule has 0 bridgehead atoms. The summed E-state index contributed by atoms with van der Waals surface area (Å²) in [5, 5.41) is 9.26. The number of rotatable bonds is 10. The highest BCUT2D eigenvalue weighted by Crippen LogP contribution is 2.41. The van der Waals surface area contributed by atoms with Crippen LogP contribution >= 0.6 is 11.6 Å². The number of pyridine rings is 1. The number of aryl methyl sites for hydroxylation is 1. The number of fused-ring (bicyclic) bond motifs is 1. The van der Waals surface area contributed by atoms with E-state index in [1.165, 1.54) is 12.1 Å². The number of anilines is 1. The molecule has 0 amide bonds. The van der Waals surface area contributed by atoms with E-state index in [0.29, 0.717) is 39.9 Å². The number of nitrogens with zero attached hydrogens (tertiary/aromatic N) is 3. The number of hydrogen-bond donors (Lipinski definition) is 1. The van der Waals surface area contributed by atoms with Crippen LogP contribution in [-0.4, -0.2) is 46.8 Å². The van der Waals surface area contributed by atoms with Crippen molar-refractivity contribution in [2.75, 3.05) is 11.9 Å². The van der Waals surface area contributed by atoms with E-state index < -0.39 is 43.0 Å². The lowest BCUT2D eigenvalue weighted by molar-refractivity contribution is -0.155. The van der Waals surface area contributed by atoms with Gasteiger partial charge in [0.25, 0.3) is 0 Å². The van der Waals surface area contributed by atoms with Crippen molar-refractivity contribution in [2.45, 2.75) is 110 Å².